The molecule has 120 valence electrons. The molecule has 1 atom stereocenters. The third kappa shape index (κ3) is 2.44. The average Bonchev–Trinajstić information content (AvgIpc) is 3.25. The van der Waals surface area contributed by atoms with Gasteiger partial charge in [-0.25, -0.2) is 13.4 Å². The van der Waals surface area contributed by atoms with Gasteiger partial charge in [0.1, 0.15) is 21.8 Å². The number of fused-ring (bicyclic) bond motifs is 1. The number of nitrogens with one attached hydrogen (secondary N) is 1. The standard InChI is InChI=1S/C14H15N5O2S2/c20-23(21,12-6-3-4-10-13(12)18-22-17-10)19-9-2-1-5-11(19)14-15-7-8-16-14/h3-4,6-8,11H,1-2,5,9H2,(H,15,16). The van der Waals surface area contributed by atoms with E-state index >= 15 is 0 Å². The first-order valence-corrected chi connectivity index (χ1v) is 9.57. The predicted octanol–water partition coefficient (Wildman–Crippen LogP) is 2.33. The number of H-pyrrole nitrogens is 1. The van der Waals surface area contributed by atoms with Crippen molar-refractivity contribution >= 4 is 32.8 Å². The van der Waals surface area contributed by atoms with Gasteiger partial charge in [-0.1, -0.05) is 12.5 Å². The molecule has 1 N–H and O–H groups in total. The van der Waals surface area contributed by atoms with Gasteiger partial charge in [0.15, 0.2) is 0 Å². The van der Waals surface area contributed by atoms with Gasteiger partial charge in [0.2, 0.25) is 10.0 Å². The number of aromatic amines is 1. The van der Waals surface area contributed by atoms with Crippen LogP contribution in [0.3, 0.4) is 0 Å². The molecule has 2 aromatic heterocycles. The third-order valence-electron chi connectivity index (χ3n) is 4.12. The van der Waals surface area contributed by atoms with Gasteiger partial charge in [-0.05, 0) is 25.0 Å². The van der Waals surface area contributed by atoms with Crippen molar-refractivity contribution in [3.63, 3.8) is 0 Å². The summed E-state index contributed by atoms with van der Waals surface area (Å²) in [5.41, 5.74) is 1.06. The largest absolute Gasteiger partial charge is 0.347 e. The molecule has 1 fully saturated rings. The van der Waals surface area contributed by atoms with E-state index in [0.29, 0.717) is 23.4 Å². The van der Waals surface area contributed by atoms with Crippen LogP contribution in [0, 0.1) is 0 Å². The van der Waals surface area contributed by atoms with Crippen LogP contribution in [0.5, 0.6) is 0 Å². The third-order valence-corrected chi connectivity index (χ3v) is 6.61. The molecule has 1 saturated heterocycles. The molecular weight excluding hydrogens is 334 g/mol. The van der Waals surface area contributed by atoms with Crippen LogP contribution in [0.25, 0.3) is 11.0 Å². The zero-order valence-corrected chi connectivity index (χ0v) is 13.8. The molecular formula is C14H15N5O2S2. The highest BCUT2D eigenvalue weighted by Gasteiger charge is 2.36. The fourth-order valence-electron chi connectivity index (χ4n) is 3.04. The average molecular weight is 349 g/mol. The number of piperidine rings is 1. The summed E-state index contributed by atoms with van der Waals surface area (Å²) in [7, 11) is -3.66. The Bertz CT molecular complexity index is 920. The van der Waals surface area contributed by atoms with Crippen molar-refractivity contribution in [1.29, 1.82) is 0 Å². The number of hydrogen-bond acceptors (Lipinski definition) is 6. The Morgan fingerprint density at radius 1 is 1.26 bits per heavy atom. The maximum absolute atomic E-state index is 13.2. The number of benzene rings is 1. The fraction of sp³-hybridized carbons (Fsp3) is 0.357. The van der Waals surface area contributed by atoms with Crippen LogP contribution in [0.15, 0.2) is 35.5 Å². The molecule has 23 heavy (non-hydrogen) atoms. The predicted molar refractivity (Wildman–Crippen MR) is 86.5 cm³/mol. The first-order chi connectivity index (χ1) is 11.2. The summed E-state index contributed by atoms with van der Waals surface area (Å²) in [5.74, 6) is 0.692. The lowest BCUT2D eigenvalue weighted by Gasteiger charge is -2.33. The zero-order valence-electron chi connectivity index (χ0n) is 12.2. The quantitative estimate of drug-likeness (QED) is 0.783. The highest BCUT2D eigenvalue weighted by atomic mass is 32.2. The normalized spacial score (nSPS) is 20.1. The topological polar surface area (TPSA) is 91.8 Å². The number of aromatic nitrogens is 4. The summed E-state index contributed by atoms with van der Waals surface area (Å²) in [6.45, 7) is 0.488. The van der Waals surface area contributed by atoms with E-state index in [4.69, 9.17) is 0 Å². The van der Waals surface area contributed by atoms with E-state index < -0.39 is 10.0 Å². The second kappa shape index (κ2) is 5.66. The van der Waals surface area contributed by atoms with E-state index in [1.54, 1.807) is 34.9 Å². The van der Waals surface area contributed by atoms with E-state index in [1.165, 1.54) is 0 Å². The molecule has 0 bridgehead atoms. The molecule has 0 radical (unpaired) electrons. The van der Waals surface area contributed by atoms with Crippen LogP contribution in [0.1, 0.15) is 31.1 Å². The maximum atomic E-state index is 13.2. The van der Waals surface area contributed by atoms with Crippen molar-refractivity contribution in [2.24, 2.45) is 0 Å². The number of nitrogens with zero attached hydrogens (tertiary/aromatic N) is 4. The van der Waals surface area contributed by atoms with Gasteiger partial charge in [-0.3, -0.25) is 0 Å². The van der Waals surface area contributed by atoms with Crippen LogP contribution in [-0.2, 0) is 10.0 Å². The van der Waals surface area contributed by atoms with Gasteiger partial charge < -0.3 is 4.98 Å². The molecule has 1 aliphatic heterocycles. The van der Waals surface area contributed by atoms with E-state index in [2.05, 4.69) is 18.7 Å². The summed E-state index contributed by atoms with van der Waals surface area (Å²) in [5, 5.41) is 0. The van der Waals surface area contributed by atoms with Crippen molar-refractivity contribution in [2.45, 2.75) is 30.2 Å². The van der Waals surface area contributed by atoms with Crippen LogP contribution in [-0.4, -0.2) is 38.0 Å². The summed E-state index contributed by atoms with van der Waals surface area (Å²) >= 11 is 1.03. The fourth-order valence-corrected chi connectivity index (χ4v) is 5.46. The molecule has 0 aliphatic carbocycles. The van der Waals surface area contributed by atoms with Crippen LogP contribution in [0.4, 0.5) is 0 Å². The molecule has 4 rings (SSSR count). The smallest absolute Gasteiger partial charge is 0.246 e. The summed E-state index contributed by atoms with van der Waals surface area (Å²) in [4.78, 5) is 7.54. The van der Waals surface area contributed by atoms with Crippen molar-refractivity contribution in [1.82, 2.24) is 23.0 Å². The summed E-state index contributed by atoms with van der Waals surface area (Å²) in [6, 6.07) is 4.83. The van der Waals surface area contributed by atoms with Crippen molar-refractivity contribution in [2.75, 3.05) is 6.54 Å². The zero-order chi connectivity index (χ0) is 15.9. The molecule has 1 aliphatic rings. The van der Waals surface area contributed by atoms with E-state index in [0.717, 1.165) is 31.0 Å². The number of sulfonamides is 1. The van der Waals surface area contributed by atoms with Crippen LogP contribution < -0.4 is 0 Å². The van der Waals surface area contributed by atoms with Gasteiger partial charge in [-0.15, -0.1) is 0 Å². The van der Waals surface area contributed by atoms with E-state index in [1.807, 2.05) is 0 Å². The molecule has 7 nitrogen and oxygen atoms in total. The first kappa shape index (κ1) is 14.7. The monoisotopic (exact) mass is 349 g/mol. The van der Waals surface area contributed by atoms with Gasteiger partial charge in [0.05, 0.1) is 17.8 Å². The van der Waals surface area contributed by atoms with Gasteiger partial charge in [0.25, 0.3) is 0 Å². The molecule has 1 unspecified atom stereocenters. The molecule has 3 aromatic rings. The number of rotatable bonds is 3. The molecule has 3 heterocycles. The van der Waals surface area contributed by atoms with Crippen LogP contribution >= 0.6 is 11.7 Å². The van der Waals surface area contributed by atoms with E-state index in [-0.39, 0.29) is 10.9 Å². The van der Waals surface area contributed by atoms with Crippen LogP contribution in [0.2, 0.25) is 0 Å². The molecule has 0 spiro atoms. The Labute approximate surface area is 137 Å². The first-order valence-electron chi connectivity index (χ1n) is 7.40. The maximum Gasteiger partial charge on any atom is 0.246 e. The van der Waals surface area contributed by atoms with Crippen molar-refractivity contribution in [3.05, 3.63) is 36.4 Å². The van der Waals surface area contributed by atoms with E-state index in [9.17, 15) is 8.42 Å². The lowest BCUT2D eigenvalue weighted by atomic mass is 10.0. The number of imidazole rings is 1. The summed E-state index contributed by atoms with van der Waals surface area (Å²) < 4.78 is 36.3. The Morgan fingerprint density at radius 3 is 3.00 bits per heavy atom. The molecule has 9 heteroatoms. The van der Waals surface area contributed by atoms with Crippen molar-refractivity contribution in [3.8, 4) is 0 Å². The Morgan fingerprint density at radius 2 is 2.17 bits per heavy atom. The number of hydrogen-bond donors (Lipinski definition) is 1. The van der Waals surface area contributed by atoms with Gasteiger partial charge >= 0.3 is 0 Å². The van der Waals surface area contributed by atoms with Gasteiger partial charge in [-0.2, -0.15) is 13.1 Å². The SMILES string of the molecule is O=S(=O)(c1cccc2nsnc12)N1CCCCC1c1ncc[nH]1. The molecule has 0 saturated carbocycles. The lowest BCUT2D eigenvalue weighted by molar-refractivity contribution is 0.248. The minimum atomic E-state index is -3.66. The Hall–Kier alpha value is -1.84. The Balaban J connectivity index is 1.82. The molecule has 0 amide bonds. The minimum Gasteiger partial charge on any atom is -0.347 e. The Kier molecular flexibility index (Phi) is 3.63. The molecule has 1 aromatic carbocycles. The lowest BCUT2D eigenvalue weighted by Crippen LogP contribution is -2.39. The second-order valence-electron chi connectivity index (χ2n) is 5.49. The summed E-state index contributed by atoms with van der Waals surface area (Å²) in [6.07, 6.45) is 5.97. The van der Waals surface area contributed by atoms with Crippen molar-refractivity contribution < 1.29 is 8.42 Å². The second-order valence-corrected chi connectivity index (χ2v) is 7.88. The van der Waals surface area contributed by atoms with Gasteiger partial charge in [0, 0.05) is 18.9 Å². The minimum absolute atomic E-state index is 0.224. The highest BCUT2D eigenvalue weighted by molar-refractivity contribution is 7.89. The highest BCUT2D eigenvalue weighted by Crippen LogP contribution is 2.35.